The Balaban J connectivity index is 0.00000196. The van der Waals surface area contributed by atoms with Gasteiger partial charge in [-0.15, -0.1) is 0 Å². The molecule has 0 bridgehead atoms. The van der Waals surface area contributed by atoms with Crippen LogP contribution in [0.4, 0.5) is 0 Å². The first-order valence-corrected chi connectivity index (χ1v) is 3.81. The van der Waals surface area contributed by atoms with Crippen LogP contribution in [0.1, 0.15) is 20.7 Å². The van der Waals surface area contributed by atoms with Crippen LogP contribution in [-0.2, 0) is 0 Å². The number of phenolic OH excluding ortho intramolecular Hbond substituents is 1. The minimum atomic E-state index is -1.50. The van der Waals surface area contributed by atoms with Crippen molar-refractivity contribution in [3.8, 4) is 5.75 Å². The van der Waals surface area contributed by atoms with E-state index in [9.17, 15) is 9.59 Å². The van der Waals surface area contributed by atoms with E-state index in [0.29, 0.717) is 0 Å². The van der Waals surface area contributed by atoms with Crippen molar-refractivity contribution in [2.75, 3.05) is 0 Å². The van der Waals surface area contributed by atoms with Crippen LogP contribution in [0, 0.1) is 0 Å². The van der Waals surface area contributed by atoms with Crippen LogP contribution in [0.25, 0.3) is 0 Å². The molecule has 0 atom stereocenters. The molecular weight excluding hydrogens is 235 g/mol. The van der Waals surface area contributed by atoms with Gasteiger partial charge in [0.2, 0.25) is 0 Å². The second-order valence-corrected chi connectivity index (χ2v) is 2.81. The first kappa shape index (κ1) is 14.2. The van der Waals surface area contributed by atoms with Crippen molar-refractivity contribution in [3.05, 3.63) is 28.3 Å². The van der Waals surface area contributed by atoms with Gasteiger partial charge in [0.1, 0.15) is 5.75 Å². The van der Waals surface area contributed by atoms with Gasteiger partial charge in [-0.2, -0.15) is 0 Å². The van der Waals surface area contributed by atoms with Crippen molar-refractivity contribution < 1.29 is 24.9 Å². The zero-order chi connectivity index (χ0) is 10.9. The fraction of sp³-hybridized carbons (Fsp3) is 0. The number of aromatic carboxylic acids is 2. The molecule has 0 aliphatic rings. The average Bonchev–Trinajstić information content (AvgIpc) is 2.08. The summed E-state index contributed by atoms with van der Waals surface area (Å²) < 4.78 is 0. The van der Waals surface area contributed by atoms with Crippen LogP contribution in [0.3, 0.4) is 0 Å². The van der Waals surface area contributed by atoms with E-state index in [1.54, 1.807) is 0 Å². The van der Waals surface area contributed by atoms with Gasteiger partial charge in [0, 0.05) is 0 Å². The molecular formula is C8H6ClNaO5. The van der Waals surface area contributed by atoms with E-state index in [1.165, 1.54) is 0 Å². The Kier molecular flexibility index (Phi) is 5.10. The summed E-state index contributed by atoms with van der Waals surface area (Å²) in [5.41, 5.74) is -1.07. The minimum absolute atomic E-state index is 0. The van der Waals surface area contributed by atoms with Crippen LogP contribution in [0.5, 0.6) is 5.75 Å². The number of hydrogen-bond donors (Lipinski definition) is 3. The third-order valence-corrected chi connectivity index (χ3v) is 1.95. The molecule has 1 aromatic carbocycles. The van der Waals surface area contributed by atoms with Crippen LogP contribution in [0.15, 0.2) is 12.1 Å². The summed E-state index contributed by atoms with van der Waals surface area (Å²) >= 11 is 5.44. The average molecular weight is 241 g/mol. The number of phenols is 1. The predicted octanol–water partition coefficient (Wildman–Crippen LogP) is 0.793. The van der Waals surface area contributed by atoms with Gasteiger partial charge < -0.3 is 15.3 Å². The summed E-state index contributed by atoms with van der Waals surface area (Å²) in [5, 5.41) is 25.9. The molecule has 3 N–H and O–H groups in total. The number of rotatable bonds is 2. The van der Waals surface area contributed by atoms with Crippen molar-refractivity contribution in [1.29, 1.82) is 0 Å². The van der Waals surface area contributed by atoms with Crippen molar-refractivity contribution in [2.45, 2.75) is 0 Å². The second-order valence-electron chi connectivity index (χ2n) is 2.43. The molecule has 0 amide bonds. The SMILES string of the molecule is O=C(O)c1ccc(O)c(Cl)c1C(=O)O.[NaH]. The molecule has 1 rings (SSSR count). The molecule has 7 heteroatoms. The number of benzene rings is 1. The van der Waals surface area contributed by atoms with Crippen molar-refractivity contribution in [1.82, 2.24) is 0 Å². The van der Waals surface area contributed by atoms with E-state index in [2.05, 4.69) is 0 Å². The van der Waals surface area contributed by atoms with E-state index in [1.807, 2.05) is 0 Å². The number of carboxylic acids is 2. The summed E-state index contributed by atoms with van der Waals surface area (Å²) in [7, 11) is 0. The third-order valence-electron chi connectivity index (χ3n) is 1.57. The predicted molar refractivity (Wildman–Crippen MR) is 54.2 cm³/mol. The summed E-state index contributed by atoms with van der Waals surface area (Å²) in [5.74, 6) is -3.37. The monoisotopic (exact) mass is 240 g/mol. The number of hydrogen-bond acceptors (Lipinski definition) is 3. The fourth-order valence-corrected chi connectivity index (χ4v) is 1.20. The van der Waals surface area contributed by atoms with Crippen LogP contribution in [-0.4, -0.2) is 56.8 Å². The standard InChI is InChI=1S/C8H5ClO5.Na.H/c9-6-4(10)2-1-3(7(11)12)5(6)8(13)14;;/h1-2,10H,(H,11,12)(H,13,14);;. The Labute approximate surface area is 112 Å². The third kappa shape index (κ3) is 2.85. The van der Waals surface area contributed by atoms with E-state index in [4.69, 9.17) is 26.9 Å². The Morgan fingerprint density at radius 1 is 1.13 bits per heavy atom. The zero-order valence-corrected chi connectivity index (χ0v) is 7.45. The molecule has 0 saturated heterocycles. The molecule has 0 aromatic heterocycles. The number of halogens is 1. The first-order valence-electron chi connectivity index (χ1n) is 3.43. The van der Waals surface area contributed by atoms with Crippen LogP contribution < -0.4 is 0 Å². The van der Waals surface area contributed by atoms with E-state index in [-0.39, 0.29) is 29.6 Å². The Morgan fingerprint density at radius 3 is 2.07 bits per heavy atom. The van der Waals surface area contributed by atoms with Gasteiger partial charge in [0.15, 0.2) is 0 Å². The van der Waals surface area contributed by atoms with Gasteiger partial charge in [-0.3, -0.25) is 0 Å². The van der Waals surface area contributed by atoms with E-state index < -0.39 is 33.8 Å². The number of carboxylic acid groups (broad SMARTS) is 2. The molecule has 0 spiro atoms. The van der Waals surface area contributed by atoms with Crippen LogP contribution >= 0.6 is 11.6 Å². The van der Waals surface area contributed by atoms with Gasteiger partial charge in [-0.05, 0) is 12.1 Å². The molecule has 1 aromatic rings. The zero-order valence-electron chi connectivity index (χ0n) is 6.69. The normalized spacial score (nSPS) is 9.13. The Hall–Kier alpha value is -0.750. The Bertz CT molecular complexity index is 418. The van der Waals surface area contributed by atoms with E-state index in [0.717, 1.165) is 12.1 Å². The fourth-order valence-electron chi connectivity index (χ4n) is 0.952. The van der Waals surface area contributed by atoms with E-state index >= 15 is 0 Å². The quantitative estimate of drug-likeness (QED) is 0.665. The van der Waals surface area contributed by atoms with Crippen molar-refractivity contribution >= 4 is 53.1 Å². The van der Waals surface area contributed by atoms with Gasteiger partial charge in [0.05, 0.1) is 16.1 Å². The number of aromatic hydroxyl groups is 1. The van der Waals surface area contributed by atoms with Gasteiger partial charge in [-0.25, -0.2) is 9.59 Å². The second kappa shape index (κ2) is 5.37. The molecule has 0 unspecified atom stereocenters. The molecule has 0 heterocycles. The topological polar surface area (TPSA) is 94.8 Å². The molecule has 76 valence electrons. The Morgan fingerprint density at radius 2 is 1.67 bits per heavy atom. The molecule has 0 aliphatic carbocycles. The first-order chi connectivity index (χ1) is 6.45. The molecule has 0 radical (unpaired) electrons. The molecule has 5 nitrogen and oxygen atoms in total. The van der Waals surface area contributed by atoms with Gasteiger partial charge >= 0.3 is 41.5 Å². The molecule has 15 heavy (non-hydrogen) atoms. The molecule has 0 saturated carbocycles. The molecule has 0 aliphatic heterocycles. The van der Waals surface area contributed by atoms with Crippen molar-refractivity contribution in [3.63, 3.8) is 0 Å². The maximum atomic E-state index is 10.6. The van der Waals surface area contributed by atoms with Crippen molar-refractivity contribution in [2.24, 2.45) is 0 Å². The summed E-state index contributed by atoms with van der Waals surface area (Å²) in [4.78, 5) is 21.2. The summed E-state index contributed by atoms with van der Waals surface area (Å²) in [6.07, 6.45) is 0. The van der Waals surface area contributed by atoms with Gasteiger partial charge in [-0.1, -0.05) is 11.6 Å². The summed E-state index contributed by atoms with van der Waals surface area (Å²) in [6.45, 7) is 0. The summed E-state index contributed by atoms with van der Waals surface area (Å²) in [6, 6.07) is 2.01. The maximum absolute atomic E-state index is 10.6. The number of carbonyl (C=O) groups is 2. The molecule has 0 fully saturated rings. The van der Waals surface area contributed by atoms with Gasteiger partial charge in [0.25, 0.3) is 0 Å². The van der Waals surface area contributed by atoms with Crippen LogP contribution in [0.2, 0.25) is 5.02 Å².